The van der Waals surface area contributed by atoms with Crippen LogP contribution in [0.25, 0.3) is 11.0 Å². The number of fused-ring (bicyclic) bond motifs is 3. The highest BCUT2D eigenvalue weighted by Crippen LogP contribution is 2.36. The normalized spacial score (nSPS) is 15.6. The average molecular weight is 450 g/mol. The van der Waals surface area contributed by atoms with E-state index in [0.717, 1.165) is 35.4 Å². The van der Waals surface area contributed by atoms with Crippen molar-refractivity contribution in [3.05, 3.63) is 58.9 Å². The van der Waals surface area contributed by atoms with Gasteiger partial charge in [-0.3, -0.25) is 9.69 Å². The van der Waals surface area contributed by atoms with Gasteiger partial charge < -0.3 is 14.0 Å². The number of rotatable bonds is 8. The van der Waals surface area contributed by atoms with Crippen LogP contribution < -0.4 is 4.74 Å². The minimum Gasteiger partial charge on any atom is -0.465 e. The van der Waals surface area contributed by atoms with Gasteiger partial charge >= 0.3 is 12.6 Å². The highest BCUT2D eigenvalue weighted by Gasteiger charge is 2.33. The van der Waals surface area contributed by atoms with Gasteiger partial charge in [-0.05, 0) is 49.2 Å². The SMILES string of the molecule is CCOC(=O)CN(Cc1cccc(OC(F)F)c1)[C@@H]1CCn2c1nc1ccc(Cl)cc12. The molecule has 0 saturated carbocycles. The van der Waals surface area contributed by atoms with E-state index >= 15 is 0 Å². The van der Waals surface area contributed by atoms with Crippen molar-refractivity contribution < 1.29 is 23.0 Å². The van der Waals surface area contributed by atoms with Gasteiger partial charge in [-0.2, -0.15) is 8.78 Å². The van der Waals surface area contributed by atoms with Crippen molar-refractivity contribution in [2.45, 2.75) is 39.1 Å². The summed E-state index contributed by atoms with van der Waals surface area (Å²) in [6.07, 6.45) is 0.761. The van der Waals surface area contributed by atoms with Gasteiger partial charge in [-0.25, -0.2) is 4.98 Å². The number of aromatic nitrogens is 2. The van der Waals surface area contributed by atoms with E-state index in [1.54, 1.807) is 25.1 Å². The van der Waals surface area contributed by atoms with Gasteiger partial charge in [-0.1, -0.05) is 23.7 Å². The van der Waals surface area contributed by atoms with Crippen LogP contribution in [0.1, 0.15) is 30.8 Å². The maximum Gasteiger partial charge on any atom is 0.387 e. The van der Waals surface area contributed by atoms with E-state index in [9.17, 15) is 13.6 Å². The number of nitrogens with zero attached hydrogens (tertiary/aromatic N) is 3. The number of carbonyl (C=O) groups is 1. The quantitative estimate of drug-likeness (QED) is 0.462. The highest BCUT2D eigenvalue weighted by atomic mass is 35.5. The lowest BCUT2D eigenvalue weighted by Gasteiger charge is -2.27. The Morgan fingerprint density at radius 1 is 1.32 bits per heavy atom. The fourth-order valence-corrected chi connectivity index (χ4v) is 4.20. The van der Waals surface area contributed by atoms with E-state index in [0.29, 0.717) is 11.6 Å². The van der Waals surface area contributed by atoms with E-state index in [1.165, 1.54) is 6.07 Å². The van der Waals surface area contributed by atoms with Crippen molar-refractivity contribution in [1.82, 2.24) is 14.5 Å². The molecule has 0 N–H and O–H groups in total. The molecule has 0 unspecified atom stereocenters. The number of benzene rings is 2. The predicted octanol–water partition coefficient (Wildman–Crippen LogP) is 4.80. The first-order valence-electron chi connectivity index (χ1n) is 10.0. The second kappa shape index (κ2) is 9.20. The predicted molar refractivity (Wildman–Crippen MR) is 112 cm³/mol. The summed E-state index contributed by atoms with van der Waals surface area (Å²) in [5.41, 5.74) is 2.54. The Hall–Kier alpha value is -2.71. The van der Waals surface area contributed by atoms with Gasteiger partial charge in [-0.15, -0.1) is 0 Å². The summed E-state index contributed by atoms with van der Waals surface area (Å²) in [5.74, 6) is 0.582. The molecule has 6 nitrogen and oxygen atoms in total. The minimum atomic E-state index is -2.90. The number of hydrogen-bond donors (Lipinski definition) is 0. The standard InChI is InChI=1S/C22H22ClF2N3O3/c1-2-30-20(29)13-27(12-14-4-3-5-16(10-14)31-22(24)25)18-8-9-28-19-11-15(23)6-7-17(19)26-21(18)28/h3-7,10-11,18,22H,2,8-9,12-13H2,1H3/t18-/m1/s1. The number of aryl methyl sites for hydroxylation is 1. The Balaban J connectivity index is 1.64. The van der Waals surface area contributed by atoms with E-state index in [-0.39, 0.29) is 30.9 Å². The first-order chi connectivity index (χ1) is 14.9. The Labute approximate surface area is 183 Å². The summed E-state index contributed by atoms with van der Waals surface area (Å²) in [6.45, 7) is 0.298. The van der Waals surface area contributed by atoms with Crippen LogP contribution in [0.5, 0.6) is 5.75 Å². The minimum absolute atomic E-state index is 0.0579. The van der Waals surface area contributed by atoms with Crippen molar-refractivity contribution in [3.63, 3.8) is 0 Å². The first kappa shape index (κ1) is 21.5. The lowest BCUT2D eigenvalue weighted by atomic mass is 10.1. The number of imidazole rings is 1. The molecule has 164 valence electrons. The zero-order valence-electron chi connectivity index (χ0n) is 16.9. The van der Waals surface area contributed by atoms with Crippen LogP contribution in [-0.2, 0) is 22.6 Å². The van der Waals surface area contributed by atoms with Crippen LogP contribution in [0.3, 0.4) is 0 Å². The number of hydrogen-bond acceptors (Lipinski definition) is 5. The van der Waals surface area contributed by atoms with E-state index in [2.05, 4.69) is 9.30 Å². The lowest BCUT2D eigenvalue weighted by molar-refractivity contribution is -0.145. The molecule has 3 aromatic rings. The Morgan fingerprint density at radius 2 is 2.16 bits per heavy atom. The van der Waals surface area contributed by atoms with Gasteiger partial charge in [0.2, 0.25) is 0 Å². The maximum absolute atomic E-state index is 12.6. The van der Waals surface area contributed by atoms with Crippen molar-refractivity contribution >= 4 is 28.6 Å². The Bertz CT molecular complexity index is 1090. The summed E-state index contributed by atoms with van der Waals surface area (Å²) in [7, 11) is 0. The van der Waals surface area contributed by atoms with Gasteiger partial charge in [0, 0.05) is 18.1 Å². The third kappa shape index (κ3) is 4.80. The van der Waals surface area contributed by atoms with Crippen molar-refractivity contribution in [2.75, 3.05) is 13.2 Å². The fourth-order valence-electron chi connectivity index (χ4n) is 4.03. The van der Waals surface area contributed by atoms with Crippen molar-refractivity contribution in [3.8, 4) is 5.75 Å². The zero-order valence-corrected chi connectivity index (χ0v) is 17.7. The van der Waals surface area contributed by atoms with Gasteiger partial charge in [0.15, 0.2) is 0 Å². The highest BCUT2D eigenvalue weighted by molar-refractivity contribution is 6.31. The molecular weight excluding hydrogens is 428 g/mol. The van der Waals surface area contributed by atoms with Gasteiger partial charge in [0.25, 0.3) is 0 Å². The molecule has 0 bridgehead atoms. The number of carbonyl (C=O) groups excluding carboxylic acids is 1. The molecule has 1 aliphatic heterocycles. The topological polar surface area (TPSA) is 56.6 Å². The van der Waals surface area contributed by atoms with Crippen LogP contribution in [0.4, 0.5) is 8.78 Å². The number of ether oxygens (including phenoxy) is 2. The number of esters is 1. The van der Waals surface area contributed by atoms with E-state index < -0.39 is 6.61 Å². The lowest BCUT2D eigenvalue weighted by Crippen LogP contribution is -2.33. The molecule has 2 aromatic carbocycles. The van der Waals surface area contributed by atoms with Crippen LogP contribution in [0.15, 0.2) is 42.5 Å². The van der Waals surface area contributed by atoms with Crippen LogP contribution in [0, 0.1) is 0 Å². The summed E-state index contributed by atoms with van der Waals surface area (Å²) >= 11 is 6.16. The molecule has 0 spiro atoms. The van der Waals surface area contributed by atoms with E-state index in [1.807, 2.05) is 23.1 Å². The Morgan fingerprint density at radius 3 is 2.94 bits per heavy atom. The molecule has 0 fully saturated rings. The van der Waals surface area contributed by atoms with Gasteiger partial charge in [0.1, 0.15) is 11.6 Å². The number of halogens is 3. The maximum atomic E-state index is 12.6. The van der Waals surface area contributed by atoms with Gasteiger partial charge in [0.05, 0.1) is 30.2 Å². The molecule has 0 aliphatic carbocycles. The number of alkyl halides is 2. The molecule has 1 aromatic heterocycles. The molecule has 1 aliphatic rings. The molecule has 0 amide bonds. The molecule has 4 rings (SSSR count). The summed E-state index contributed by atoms with van der Waals surface area (Å²) in [5, 5.41) is 0.637. The third-order valence-electron chi connectivity index (χ3n) is 5.25. The first-order valence-corrected chi connectivity index (χ1v) is 10.4. The molecule has 2 heterocycles. The summed E-state index contributed by atoms with van der Waals surface area (Å²) < 4.78 is 37.0. The summed E-state index contributed by atoms with van der Waals surface area (Å²) in [4.78, 5) is 19.0. The monoisotopic (exact) mass is 449 g/mol. The van der Waals surface area contributed by atoms with Crippen LogP contribution in [0.2, 0.25) is 5.02 Å². The molecular formula is C22H22ClF2N3O3. The second-order valence-electron chi connectivity index (χ2n) is 7.30. The average Bonchev–Trinajstić information content (AvgIpc) is 3.27. The van der Waals surface area contributed by atoms with Crippen molar-refractivity contribution in [2.24, 2.45) is 0 Å². The molecule has 1 atom stereocenters. The zero-order chi connectivity index (χ0) is 22.0. The summed E-state index contributed by atoms with van der Waals surface area (Å²) in [6, 6.07) is 11.9. The molecule has 31 heavy (non-hydrogen) atoms. The van der Waals surface area contributed by atoms with Crippen LogP contribution >= 0.6 is 11.6 Å². The van der Waals surface area contributed by atoms with Crippen LogP contribution in [-0.4, -0.2) is 40.2 Å². The molecule has 9 heteroatoms. The van der Waals surface area contributed by atoms with Crippen molar-refractivity contribution in [1.29, 1.82) is 0 Å². The molecule has 0 radical (unpaired) electrons. The Kier molecular flexibility index (Phi) is 6.38. The molecule has 0 saturated heterocycles. The smallest absolute Gasteiger partial charge is 0.387 e. The second-order valence-corrected chi connectivity index (χ2v) is 7.73. The van der Waals surface area contributed by atoms with E-state index in [4.69, 9.17) is 21.3 Å². The largest absolute Gasteiger partial charge is 0.465 e. The fraction of sp³-hybridized carbons (Fsp3) is 0.364. The third-order valence-corrected chi connectivity index (χ3v) is 5.49.